The first-order chi connectivity index (χ1) is 28.1. The summed E-state index contributed by atoms with van der Waals surface area (Å²) in [7, 11) is 0. The normalized spacial score (nSPS) is 11.6. The number of nitriles is 2. The zero-order valence-electron chi connectivity index (χ0n) is 30.1. The van der Waals surface area contributed by atoms with Gasteiger partial charge in [-0.15, -0.1) is 0 Å². The number of fused-ring (bicyclic) bond motifs is 12. The number of benzene rings is 8. The fourth-order valence-electron chi connectivity index (χ4n) is 8.40. The van der Waals surface area contributed by atoms with Gasteiger partial charge in [0.2, 0.25) is 0 Å². The molecular weight excluding hydrogens is 815 g/mol. The Morgan fingerprint density at radius 3 is 1.28 bits per heavy atom. The van der Waals surface area contributed by atoms with Crippen molar-refractivity contribution in [3.63, 3.8) is 0 Å². The highest BCUT2D eigenvalue weighted by Gasteiger charge is 2.17. The summed E-state index contributed by atoms with van der Waals surface area (Å²) in [4.78, 5) is 0. The SMILES string of the molecule is N#Cc1cc(I)c2oc3ccc(-n4c5ccccc5c5ccccc54)cc3c2c1.N#Cc1ccc2oc3ccc(-n4c5ccccc5c5ccccc54)cc3c2c1. The van der Waals surface area contributed by atoms with Gasteiger partial charge in [0.1, 0.15) is 22.3 Å². The van der Waals surface area contributed by atoms with Crippen LogP contribution in [0.5, 0.6) is 0 Å². The topological polar surface area (TPSA) is 83.7 Å². The highest BCUT2D eigenvalue weighted by Crippen LogP contribution is 2.38. The molecule has 0 spiro atoms. The maximum absolute atomic E-state index is 9.38. The summed E-state index contributed by atoms with van der Waals surface area (Å²) in [6.45, 7) is 0. The van der Waals surface area contributed by atoms with Gasteiger partial charge in [-0.25, -0.2) is 0 Å². The van der Waals surface area contributed by atoms with Crippen LogP contribution < -0.4 is 0 Å². The van der Waals surface area contributed by atoms with Gasteiger partial charge in [0.05, 0.1) is 48.9 Å². The first-order valence-electron chi connectivity index (χ1n) is 18.5. The van der Waals surface area contributed by atoms with Crippen LogP contribution in [0.15, 0.2) is 173 Å². The van der Waals surface area contributed by atoms with E-state index in [2.05, 4.69) is 165 Å². The molecule has 8 aromatic carbocycles. The number of aromatic nitrogens is 2. The Hall–Kier alpha value is -7.33. The molecule has 0 saturated carbocycles. The van der Waals surface area contributed by atoms with Crippen LogP contribution in [0.4, 0.5) is 0 Å². The molecule has 6 nitrogen and oxygen atoms in total. The minimum Gasteiger partial charge on any atom is -0.456 e. The average molecular weight is 843 g/mol. The zero-order valence-corrected chi connectivity index (χ0v) is 32.2. The molecule has 4 heterocycles. The third-order valence-electron chi connectivity index (χ3n) is 10.9. The molecule has 0 atom stereocenters. The molecule has 7 heteroatoms. The van der Waals surface area contributed by atoms with E-state index in [1.54, 1.807) is 6.07 Å². The predicted octanol–water partition coefficient (Wildman–Crippen LogP) is 13.7. The monoisotopic (exact) mass is 842 g/mol. The molecule has 4 aromatic heterocycles. The van der Waals surface area contributed by atoms with E-state index in [1.807, 2.05) is 36.4 Å². The average Bonchev–Trinajstić information content (AvgIpc) is 4.01. The molecule has 12 rings (SSSR count). The van der Waals surface area contributed by atoms with Crippen molar-refractivity contribution in [1.29, 1.82) is 10.5 Å². The van der Waals surface area contributed by atoms with Crippen molar-refractivity contribution in [3.8, 4) is 23.5 Å². The summed E-state index contributed by atoms with van der Waals surface area (Å²) in [5.74, 6) is 0. The molecule has 0 unspecified atom stereocenters. The van der Waals surface area contributed by atoms with Crippen LogP contribution in [0.25, 0.3) is 98.9 Å². The lowest BCUT2D eigenvalue weighted by Gasteiger charge is -2.08. The summed E-state index contributed by atoms with van der Waals surface area (Å²) < 4.78 is 17.6. The number of nitrogens with zero attached hydrogens (tertiary/aromatic N) is 4. The summed E-state index contributed by atoms with van der Waals surface area (Å²) in [6, 6.07) is 60.3. The maximum Gasteiger partial charge on any atom is 0.148 e. The van der Waals surface area contributed by atoms with Crippen LogP contribution >= 0.6 is 22.6 Å². The summed E-state index contributed by atoms with van der Waals surface area (Å²) in [5, 5.41) is 27.6. The largest absolute Gasteiger partial charge is 0.456 e. The Labute approximate surface area is 338 Å². The van der Waals surface area contributed by atoms with Crippen molar-refractivity contribution in [1.82, 2.24) is 9.13 Å². The summed E-state index contributed by atoms with van der Waals surface area (Å²) >= 11 is 2.23. The molecule has 57 heavy (non-hydrogen) atoms. The molecule has 266 valence electrons. The first kappa shape index (κ1) is 33.0. The van der Waals surface area contributed by atoms with Crippen LogP contribution in [0.1, 0.15) is 11.1 Å². The van der Waals surface area contributed by atoms with Crippen LogP contribution in [-0.4, -0.2) is 9.13 Å². The zero-order chi connectivity index (χ0) is 38.2. The molecule has 0 aliphatic rings. The molecule has 0 fully saturated rings. The van der Waals surface area contributed by atoms with Gasteiger partial charge < -0.3 is 18.0 Å². The molecule has 0 N–H and O–H groups in total. The van der Waals surface area contributed by atoms with E-state index in [0.717, 1.165) is 58.8 Å². The second kappa shape index (κ2) is 12.9. The Kier molecular flexibility index (Phi) is 7.47. The molecule has 0 bridgehead atoms. The van der Waals surface area contributed by atoms with Crippen molar-refractivity contribution in [3.05, 3.63) is 178 Å². The van der Waals surface area contributed by atoms with E-state index in [-0.39, 0.29) is 0 Å². The van der Waals surface area contributed by atoms with Crippen LogP contribution in [0.2, 0.25) is 0 Å². The quantitative estimate of drug-likeness (QED) is 0.162. The molecular formula is C50H27IN4O2. The number of furan rings is 2. The first-order valence-corrected chi connectivity index (χ1v) is 19.6. The molecule has 0 radical (unpaired) electrons. The van der Waals surface area contributed by atoms with Gasteiger partial charge in [-0.1, -0.05) is 72.8 Å². The molecule has 0 saturated heterocycles. The van der Waals surface area contributed by atoms with Crippen molar-refractivity contribution >= 4 is 110 Å². The van der Waals surface area contributed by atoms with Crippen molar-refractivity contribution in [2.24, 2.45) is 0 Å². The number of hydrogen-bond donors (Lipinski definition) is 0. The van der Waals surface area contributed by atoms with E-state index >= 15 is 0 Å². The van der Waals surface area contributed by atoms with Crippen LogP contribution in [0, 0.1) is 26.2 Å². The van der Waals surface area contributed by atoms with Gasteiger partial charge in [0, 0.05) is 54.5 Å². The van der Waals surface area contributed by atoms with E-state index in [1.165, 1.54) is 43.6 Å². The third kappa shape index (κ3) is 5.14. The fourth-order valence-corrected chi connectivity index (χ4v) is 9.14. The summed E-state index contributed by atoms with van der Waals surface area (Å²) in [6.07, 6.45) is 0. The molecule has 0 aliphatic carbocycles. The molecule has 0 amide bonds. The lowest BCUT2D eigenvalue weighted by atomic mass is 10.1. The second-order valence-electron chi connectivity index (χ2n) is 14.1. The van der Waals surface area contributed by atoms with Crippen LogP contribution in [0.3, 0.4) is 0 Å². The predicted molar refractivity (Wildman–Crippen MR) is 238 cm³/mol. The highest BCUT2D eigenvalue weighted by molar-refractivity contribution is 14.1. The lowest BCUT2D eigenvalue weighted by Crippen LogP contribution is -1.93. The Morgan fingerprint density at radius 1 is 0.386 bits per heavy atom. The van der Waals surface area contributed by atoms with Crippen molar-refractivity contribution < 1.29 is 8.83 Å². The maximum atomic E-state index is 9.38. The molecule has 0 aliphatic heterocycles. The van der Waals surface area contributed by atoms with E-state index in [0.29, 0.717) is 11.1 Å². The standard InChI is InChI=1S/C25H13IN2O.C25H14N2O/c26-21-12-15(14-27)11-20-19-13-16(9-10-24(19)29-25(20)21)28-22-7-3-1-5-17(22)18-6-2-4-8-23(18)28;26-15-16-9-11-24-20(13-16)21-14-17(10-12-25(21)28-24)27-22-7-3-1-5-18(22)19-6-2-4-8-23(19)27/h1-13H;1-14H. The highest BCUT2D eigenvalue weighted by atomic mass is 127. The summed E-state index contributed by atoms with van der Waals surface area (Å²) in [5.41, 5.74) is 11.4. The van der Waals surface area contributed by atoms with Gasteiger partial charge in [0.25, 0.3) is 0 Å². The van der Waals surface area contributed by atoms with Gasteiger partial charge in [-0.2, -0.15) is 10.5 Å². The Balaban J connectivity index is 0.000000131. The molecule has 12 aromatic rings. The van der Waals surface area contributed by atoms with E-state index in [4.69, 9.17) is 8.83 Å². The van der Waals surface area contributed by atoms with E-state index in [9.17, 15) is 10.5 Å². The number of halogens is 1. The smallest absolute Gasteiger partial charge is 0.148 e. The second-order valence-corrected chi connectivity index (χ2v) is 15.2. The minimum atomic E-state index is 0.637. The Bertz CT molecular complexity index is 3590. The number of para-hydroxylation sites is 4. The number of rotatable bonds is 2. The van der Waals surface area contributed by atoms with E-state index < -0.39 is 0 Å². The number of hydrogen-bond acceptors (Lipinski definition) is 4. The fraction of sp³-hybridized carbons (Fsp3) is 0. The van der Waals surface area contributed by atoms with Crippen molar-refractivity contribution in [2.75, 3.05) is 0 Å². The van der Waals surface area contributed by atoms with Gasteiger partial charge in [-0.3, -0.25) is 0 Å². The van der Waals surface area contributed by atoms with Gasteiger partial charge >= 0.3 is 0 Å². The van der Waals surface area contributed by atoms with Crippen molar-refractivity contribution in [2.45, 2.75) is 0 Å². The Morgan fingerprint density at radius 2 is 0.789 bits per heavy atom. The van der Waals surface area contributed by atoms with Gasteiger partial charge in [-0.05, 0) is 114 Å². The minimum absolute atomic E-state index is 0.637. The van der Waals surface area contributed by atoms with Gasteiger partial charge in [0.15, 0.2) is 0 Å². The third-order valence-corrected chi connectivity index (χ3v) is 11.7. The van der Waals surface area contributed by atoms with Crippen LogP contribution in [-0.2, 0) is 0 Å². The lowest BCUT2D eigenvalue weighted by molar-refractivity contribution is 0.666.